The van der Waals surface area contributed by atoms with Crippen LogP contribution in [0.25, 0.3) is 0 Å². The minimum Gasteiger partial charge on any atom is -0.496 e. The SMILES string of the molecule is COc1ccc(C2(N)COC2)cc1C. The van der Waals surface area contributed by atoms with Crippen molar-refractivity contribution in [2.45, 2.75) is 12.5 Å². The maximum absolute atomic E-state index is 6.12. The van der Waals surface area contributed by atoms with E-state index >= 15 is 0 Å². The summed E-state index contributed by atoms with van der Waals surface area (Å²) < 4.78 is 10.3. The van der Waals surface area contributed by atoms with Gasteiger partial charge in [-0.3, -0.25) is 0 Å². The molecule has 3 heteroatoms. The minimum atomic E-state index is -0.281. The van der Waals surface area contributed by atoms with Gasteiger partial charge < -0.3 is 15.2 Å². The van der Waals surface area contributed by atoms with Crippen molar-refractivity contribution in [1.82, 2.24) is 0 Å². The number of hydrogen-bond donors (Lipinski definition) is 1. The molecular weight excluding hydrogens is 178 g/mol. The van der Waals surface area contributed by atoms with Crippen LogP contribution < -0.4 is 10.5 Å². The lowest BCUT2D eigenvalue weighted by Crippen LogP contribution is -2.54. The van der Waals surface area contributed by atoms with Crippen LogP contribution in [0, 0.1) is 6.92 Å². The summed E-state index contributed by atoms with van der Waals surface area (Å²) in [4.78, 5) is 0. The molecule has 1 heterocycles. The van der Waals surface area contributed by atoms with Crippen LogP contribution in [-0.2, 0) is 10.3 Å². The van der Waals surface area contributed by atoms with Gasteiger partial charge in [0.1, 0.15) is 5.75 Å². The first-order valence-electron chi connectivity index (χ1n) is 4.67. The zero-order valence-corrected chi connectivity index (χ0v) is 8.54. The molecule has 1 aliphatic rings. The molecule has 0 saturated carbocycles. The van der Waals surface area contributed by atoms with Gasteiger partial charge in [0.25, 0.3) is 0 Å². The fourth-order valence-corrected chi connectivity index (χ4v) is 1.68. The summed E-state index contributed by atoms with van der Waals surface area (Å²) in [7, 11) is 1.67. The van der Waals surface area contributed by atoms with Gasteiger partial charge in [-0.1, -0.05) is 12.1 Å². The average Bonchev–Trinajstić information content (AvgIpc) is 2.14. The van der Waals surface area contributed by atoms with E-state index in [9.17, 15) is 0 Å². The number of benzene rings is 1. The molecule has 0 spiro atoms. The molecule has 3 nitrogen and oxygen atoms in total. The van der Waals surface area contributed by atoms with Gasteiger partial charge in [-0.15, -0.1) is 0 Å². The van der Waals surface area contributed by atoms with Crippen molar-refractivity contribution >= 4 is 0 Å². The second-order valence-corrected chi connectivity index (χ2v) is 3.83. The third-order valence-electron chi connectivity index (χ3n) is 2.69. The Hall–Kier alpha value is -1.06. The first-order chi connectivity index (χ1) is 6.65. The highest BCUT2D eigenvalue weighted by molar-refractivity contribution is 5.39. The minimum absolute atomic E-state index is 0.281. The molecular formula is C11H15NO2. The van der Waals surface area contributed by atoms with E-state index in [2.05, 4.69) is 6.07 Å². The fourth-order valence-electron chi connectivity index (χ4n) is 1.68. The van der Waals surface area contributed by atoms with E-state index in [0.717, 1.165) is 16.9 Å². The summed E-state index contributed by atoms with van der Waals surface area (Å²) in [5.74, 6) is 0.901. The Morgan fingerprint density at radius 1 is 1.43 bits per heavy atom. The highest BCUT2D eigenvalue weighted by Crippen LogP contribution is 2.29. The smallest absolute Gasteiger partial charge is 0.121 e. The van der Waals surface area contributed by atoms with E-state index in [4.69, 9.17) is 15.2 Å². The van der Waals surface area contributed by atoms with E-state index in [1.807, 2.05) is 19.1 Å². The molecule has 2 rings (SSSR count). The van der Waals surface area contributed by atoms with Crippen molar-refractivity contribution in [2.24, 2.45) is 5.73 Å². The first-order valence-corrected chi connectivity index (χ1v) is 4.67. The van der Waals surface area contributed by atoms with Crippen molar-refractivity contribution in [2.75, 3.05) is 20.3 Å². The Labute approximate surface area is 83.8 Å². The van der Waals surface area contributed by atoms with Crippen LogP contribution in [-0.4, -0.2) is 20.3 Å². The summed E-state index contributed by atoms with van der Waals surface area (Å²) >= 11 is 0. The molecule has 0 aromatic heterocycles. The number of nitrogens with two attached hydrogens (primary N) is 1. The van der Waals surface area contributed by atoms with Gasteiger partial charge in [0.2, 0.25) is 0 Å². The Balaban J connectivity index is 2.32. The number of ether oxygens (including phenoxy) is 2. The fraction of sp³-hybridized carbons (Fsp3) is 0.455. The Morgan fingerprint density at radius 2 is 2.14 bits per heavy atom. The van der Waals surface area contributed by atoms with Gasteiger partial charge in [-0.2, -0.15) is 0 Å². The van der Waals surface area contributed by atoms with Crippen LogP contribution in [0.1, 0.15) is 11.1 Å². The lowest BCUT2D eigenvalue weighted by Gasteiger charge is -2.38. The zero-order valence-electron chi connectivity index (χ0n) is 8.54. The van der Waals surface area contributed by atoms with E-state index in [0.29, 0.717) is 13.2 Å². The molecule has 14 heavy (non-hydrogen) atoms. The molecule has 0 aliphatic carbocycles. The molecule has 0 unspecified atom stereocenters. The Kier molecular flexibility index (Phi) is 2.21. The van der Waals surface area contributed by atoms with Crippen LogP contribution in [0.15, 0.2) is 18.2 Å². The van der Waals surface area contributed by atoms with Gasteiger partial charge in [0, 0.05) is 0 Å². The van der Waals surface area contributed by atoms with Gasteiger partial charge >= 0.3 is 0 Å². The molecule has 0 atom stereocenters. The van der Waals surface area contributed by atoms with Crippen LogP contribution >= 0.6 is 0 Å². The molecule has 2 N–H and O–H groups in total. The maximum Gasteiger partial charge on any atom is 0.121 e. The van der Waals surface area contributed by atoms with Crippen LogP contribution in [0.3, 0.4) is 0 Å². The number of methoxy groups -OCH3 is 1. The summed E-state index contributed by atoms with van der Waals surface area (Å²) in [6, 6.07) is 6.04. The van der Waals surface area contributed by atoms with Gasteiger partial charge in [-0.05, 0) is 24.1 Å². The van der Waals surface area contributed by atoms with Crippen molar-refractivity contribution in [3.05, 3.63) is 29.3 Å². The summed E-state index contributed by atoms with van der Waals surface area (Å²) in [6.45, 7) is 3.24. The molecule has 0 radical (unpaired) electrons. The number of hydrogen-bond acceptors (Lipinski definition) is 3. The highest BCUT2D eigenvalue weighted by Gasteiger charge is 2.36. The quantitative estimate of drug-likeness (QED) is 0.767. The summed E-state index contributed by atoms with van der Waals surface area (Å²) in [6.07, 6.45) is 0. The van der Waals surface area contributed by atoms with Crippen LogP contribution in [0.5, 0.6) is 5.75 Å². The van der Waals surface area contributed by atoms with E-state index in [-0.39, 0.29) is 5.54 Å². The van der Waals surface area contributed by atoms with Crippen LogP contribution in [0.4, 0.5) is 0 Å². The van der Waals surface area contributed by atoms with E-state index < -0.39 is 0 Å². The van der Waals surface area contributed by atoms with Crippen molar-refractivity contribution in [1.29, 1.82) is 0 Å². The molecule has 0 bridgehead atoms. The normalized spacial score (nSPS) is 18.8. The molecule has 0 amide bonds. The van der Waals surface area contributed by atoms with Gasteiger partial charge in [0.05, 0.1) is 25.9 Å². The lowest BCUT2D eigenvalue weighted by atomic mass is 9.88. The molecule has 1 fully saturated rings. The Bertz CT molecular complexity index is 345. The third-order valence-corrected chi connectivity index (χ3v) is 2.69. The molecule has 76 valence electrons. The van der Waals surface area contributed by atoms with Crippen molar-refractivity contribution < 1.29 is 9.47 Å². The van der Waals surface area contributed by atoms with Crippen molar-refractivity contribution in [3.63, 3.8) is 0 Å². The predicted molar refractivity (Wildman–Crippen MR) is 54.4 cm³/mol. The van der Waals surface area contributed by atoms with Crippen LogP contribution in [0.2, 0.25) is 0 Å². The molecule has 1 aromatic rings. The number of rotatable bonds is 2. The first kappa shape index (κ1) is 9.49. The van der Waals surface area contributed by atoms with E-state index in [1.54, 1.807) is 7.11 Å². The second-order valence-electron chi connectivity index (χ2n) is 3.83. The molecule has 1 aromatic carbocycles. The second kappa shape index (κ2) is 3.26. The summed E-state index contributed by atoms with van der Waals surface area (Å²) in [5, 5.41) is 0. The van der Waals surface area contributed by atoms with Crippen molar-refractivity contribution in [3.8, 4) is 5.75 Å². The topological polar surface area (TPSA) is 44.5 Å². The lowest BCUT2D eigenvalue weighted by molar-refractivity contribution is -0.0569. The molecule has 1 aliphatic heterocycles. The third kappa shape index (κ3) is 1.38. The van der Waals surface area contributed by atoms with Gasteiger partial charge in [0.15, 0.2) is 0 Å². The largest absolute Gasteiger partial charge is 0.496 e. The maximum atomic E-state index is 6.12. The zero-order chi connectivity index (χ0) is 10.2. The van der Waals surface area contributed by atoms with Gasteiger partial charge in [-0.25, -0.2) is 0 Å². The Morgan fingerprint density at radius 3 is 2.57 bits per heavy atom. The predicted octanol–water partition coefficient (Wildman–Crippen LogP) is 1.19. The van der Waals surface area contributed by atoms with E-state index in [1.165, 1.54) is 0 Å². The highest BCUT2D eigenvalue weighted by atomic mass is 16.5. The average molecular weight is 193 g/mol. The monoisotopic (exact) mass is 193 g/mol. The summed E-state index contributed by atoms with van der Waals surface area (Å²) in [5.41, 5.74) is 8.08. The molecule has 1 saturated heterocycles. The number of aryl methyl sites for hydroxylation is 1. The standard InChI is InChI=1S/C11H15NO2/c1-8-5-9(3-4-10(8)13-2)11(12)6-14-7-11/h3-5H,6-7,12H2,1-2H3.